The second kappa shape index (κ2) is 6.10. The minimum Gasteiger partial charge on any atom is -0.380 e. The fourth-order valence-electron chi connectivity index (χ4n) is 2.18. The van der Waals surface area contributed by atoms with Gasteiger partial charge < -0.3 is 4.74 Å². The van der Waals surface area contributed by atoms with Crippen LogP contribution in [0.3, 0.4) is 0 Å². The molecule has 0 aromatic heterocycles. The number of ether oxygens (including phenoxy) is 1. The van der Waals surface area contributed by atoms with E-state index in [1.807, 2.05) is 6.92 Å². The lowest BCUT2D eigenvalue weighted by atomic mass is 9.97. The zero-order chi connectivity index (χ0) is 15.0. The molecule has 1 saturated heterocycles. The normalized spacial score (nSPS) is 23.8. The molecule has 20 heavy (non-hydrogen) atoms. The van der Waals surface area contributed by atoms with Crippen molar-refractivity contribution in [2.75, 3.05) is 13.2 Å². The Hall–Kier alpha value is 0.150. The minimum atomic E-state index is -3.81. The quantitative estimate of drug-likeness (QED) is 0.840. The Bertz CT molecular complexity index is 592. The van der Waals surface area contributed by atoms with Gasteiger partial charge in [-0.2, -0.15) is 0 Å². The molecule has 1 heterocycles. The van der Waals surface area contributed by atoms with Crippen LogP contribution >= 0.6 is 39.1 Å². The number of sulfonamides is 1. The van der Waals surface area contributed by atoms with E-state index in [-0.39, 0.29) is 14.9 Å². The van der Waals surface area contributed by atoms with Gasteiger partial charge in [0.2, 0.25) is 10.0 Å². The summed E-state index contributed by atoms with van der Waals surface area (Å²) in [5.74, 6) is 0. The smallest absolute Gasteiger partial charge is 0.244 e. The van der Waals surface area contributed by atoms with E-state index in [9.17, 15) is 8.42 Å². The summed E-state index contributed by atoms with van der Waals surface area (Å²) in [5.41, 5.74) is -0.642. The highest BCUT2D eigenvalue weighted by Gasteiger charge is 2.34. The first-order chi connectivity index (χ1) is 9.23. The molecular formula is C12H14BrCl2NO3S. The monoisotopic (exact) mass is 401 g/mol. The molecule has 1 unspecified atom stereocenters. The molecular weight excluding hydrogens is 389 g/mol. The van der Waals surface area contributed by atoms with Crippen molar-refractivity contribution in [3.8, 4) is 0 Å². The lowest BCUT2D eigenvalue weighted by Crippen LogP contribution is -2.51. The van der Waals surface area contributed by atoms with Crippen molar-refractivity contribution in [2.24, 2.45) is 0 Å². The van der Waals surface area contributed by atoms with Crippen LogP contribution in [0.25, 0.3) is 0 Å². The van der Waals surface area contributed by atoms with Crippen molar-refractivity contribution >= 4 is 49.2 Å². The standard InChI is InChI=1S/C12H14BrCl2NO3S/c1-12(3-2-4-19-7-12)16-20(17,18)11-9(14)5-8(13)6-10(11)15/h5-6,16H,2-4,7H2,1H3. The van der Waals surface area contributed by atoms with E-state index < -0.39 is 15.6 Å². The topological polar surface area (TPSA) is 55.4 Å². The second-order valence-electron chi connectivity index (χ2n) is 5.02. The molecule has 1 fully saturated rings. The van der Waals surface area contributed by atoms with Crippen LogP contribution in [0.15, 0.2) is 21.5 Å². The highest BCUT2D eigenvalue weighted by Crippen LogP contribution is 2.34. The summed E-state index contributed by atoms with van der Waals surface area (Å²) in [6.07, 6.45) is 1.51. The molecule has 0 aliphatic carbocycles. The third kappa shape index (κ3) is 3.67. The predicted molar refractivity (Wildman–Crippen MR) is 82.9 cm³/mol. The van der Waals surface area contributed by atoms with Gasteiger partial charge in [0.1, 0.15) is 4.90 Å². The van der Waals surface area contributed by atoms with Gasteiger partial charge in [-0.15, -0.1) is 0 Å². The van der Waals surface area contributed by atoms with Gasteiger partial charge in [0.05, 0.1) is 22.2 Å². The van der Waals surface area contributed by atoms with E-state index in [1.165, 1.54) is 12.1 Å². The molecule has 0 saturated carbocycles. The SMILES string of the molecule is CC1(NS(=O)(=O)c2c(Cl)cc(Br)cc2Cl)CCCOC1. The fraction of sp³-hybridized carbons (Fsp3) is 0.500. The predicted octanol–water partition coefficient (Wildman–Crippen LogP) is 3.60. The van der Waals surface area contributed by atoms with E-state index in [0.29, 0.717) is 24.1 Å². The largest absolute Gasteiger partial charge is 0.380 e. The molecule has 1 atom stereocenters. The highest BCUT2D eigenvalue weighted by atomic mass is 79.9. The number of halogens is 3. The maximum atomic E-state index is 12.5. The number of benzene rings is 1. The van der Waals surface area contributed by atoms with Crippen molar-refractivity contribution < 1.29 is 13.2 Å². The van der Waals surface area contributed by atoms with Crippen LogP contribution in [0.5, 0.6) is 0 Å². The molecule has 1 aliphatic heterocycles. The molecule has 1 aromatic rings. The van der Waals surface area contributed by atoms with Crippen LogP contribution in [0, 0.1) is 0 Å². The number of rotatable bonds is 3. The summed E-state index contributed by atoms with van der Waals surface area (Å²) in [7, 11) is -3.81. The Labute approximate surface area is 137 Å². The molecule has 1 aliphatic rings. The summed E-state index contributed by atoms with van der Waals surface area (Å²) in [6.45, 7) is 2.79. The first-order valence-corrected chi connectivity index (χ1v) is 9.03. The van der Waals surface area contributed by atoms with E-state index in [0.717, 1.165) is 6.42 Å². The molecule has 0 radical (unpaired) electrons. The Morgan fingerprint density at radius 1 is 1.35 bits per heavy atom. The van der Waals surface area contributed by atoms with E-state index >= 15 is 0 Å². The molecule has 0 bridgehead atoms. The summed E-state index contributed by atoms with van der Waals surface area (Å²) in [6, 6.07) is 3.00. The molecule has 1 N–H and O–H groups in total. The molecule has 112 valence electrons. The van der Waals surface area contributed by atoms with Gasteiger partial charge in [-0.3, -0.25) is 0 Å². The minimum absolute atomic E-state index is 0.0807. The number of hydrogen-bond donors (Lipinski definition) is 1. The third-order valence-corrected chi connectivity index (χ3v) is 6.07. The molecule has 8 heteroatoms. The van der Waals surface area contributed by atoms with Crippen LogP contribution in [0.4, 0.5) is 0 Å². The maximum Gasteiger partial charge on any atom is 0.244 e. The van der Waals surface area contributed by atoms with Crippen LogP contribution in [-0.2, 0) is 14.8 Å². The van der Waals surface area contributed by atoms with Crippen molar-refractivity contribution in [1.29, 1.82) is 0 Å². The first-order valence-electron chi connectivity index (χ1n) is 6.00. The summed E-state index contributed by atoms with van der Waals surface area (Å²) in [4.78, 5) is -0.101. The summed E-state index contributed by atoms with van der Waals surface area (Å²) >= 11 is 15.3. The van der Waals surface area contributed by atoms with E-state index in [1.54, 1.807) is 0 Å². The van der Waals surface area contributed by atoms with Gasteiger partial charge in [-0.25, -0.2) is 13.1 Å². The summed E-state index contributed by atoms with van der Waals surface area (Å²) < 4.78 is 33.6. The van der Waals surface area contributed by atoms with Crippen molar-refractivity contribution in [3.05, 3.63) is 26.7 Å². The van der Waals surface area contributed by atoms with Gasteiger partial charge >= 0.3 is 0 Å². The van der Waals surface area contributed by atoms with E-state index in [2.05, 4.69) is 20.7 Å². The van der Waals surface area contributed by atoms with Gasteiger partial charge in [0.25, 0.3) is 0 Å². The second-order valence-corrected chi connectivity index (χ2v) is 8.37. The number of nitrogens with one attached hydrogen (secondary N) is 1. The van der Waals surface area contributed by atoms with Gasteiger partial charge in [-0.1, -0.05) is 39.1 Å². The van der Waals surface area contributed by atoms with Crippen LogP contribution in [0.1, 0.15) is 19.8 Å². The van der Waals surface area contributed by atoms with E-state index in [4.69, 9.17) is 27.9 Å². The fourth-order valence-corrected chi connectivity index (χ4v) is 5.54. The van der Waals surface area contributed by atoms with Crippen molar-refractivity contribution in [2.45, 2.75) is 30.2 Å². The Balaban J connectivity index is 2.36. The van der Waals surface area contributed by atoms with Crippen molar-refractivity contribution in [1.82, 2.24) is 4.72 Å². The van der Waals surface area contributed by atoms with Gasteiger partial charge in [0.15, 0.2) is 0 Å². The third-order valence-electron chi connectivity index (χ3n) is 3.05. The Morgan fingerprint density at radius 3 is 2.45 bits per heavy atom. The lowest BCUT2D eigenvalue weighted by Gasteiger charge is -2.34. The zero-order valence-electron chi connectivity index (χ0n) is 10.8. The van der Waals surface area contributed by atoms with Crippen molar-refractivity contribution in [3.63, 3.8) is 0 Å². The maximum absolute atomic E-state index is 12.5. The molecule has 1 aromatic carbocycles. The van der Waals surface area contributed by atoms with Gasteiger partial charge in [0, 0.05) is 11.1 Å². The first kappa shape index (κ1) is 16.5. The average molecular weight is 403 g/mol. The lowest BCUT2D eigenvalue weighted by molar-refractivity contribution is 0.0386. The zero-order valence-corrected chi connectivity index (χ0v) is 14.7. The molecule has 0 amide bonds. The van der Waals surface area contributed by atoms with Crippen LogP contribution in [-0.4, -0.2) is 27.2 Å². The van der Waals surface area contributed by atoms with Crippen LogP contribution < -0.4 is 4.72 Å². The Kier molecular flexibility index (Phi) is 5.04. The van der Waals surface area contributed by atoms with Crippen LogP contribution in [0.2, 0.25) is 10.0 Å². The molecule has 2 rings (SSSR count). The van der Waals surface area contributed by atoms with Gasteiger partial charge in [-0.05, 0) is 31.9 Å². The molecule has 4 nitrogen and oxygen atoms in total. The Morgan fingerprint density at radius 2 is 1.95 bits per heavy atom. The summed E-state index contributed by atoms with van der Waals surface area (Å²) in [5, 5.41) is 0.161. The highest BCUT2D eigenvalue weighted by molar-refractivity contribution is 9.10. The molecule has 0 spiro atoms. The number of hydrogen-bond acceptors (Lipinski definition) is 3. The average Bonchev–Trinajstić information content (AvgIpc) is 2.25.